The van der Waals surface area contributed by atoms with Gasteiger partial charge in [-0.25, -0.2) is 8.78 Å². The molecule has 0 bridgehead atoms. The van der Waals surface area contributed by atoms with Gasteiger partial charge in [-0.2, -0.15) is 0 Å². The van der Waals surface area contributed by atoms with E-state index in [1.165, 1.54) is 6.07 Å². The molecule has 2 rings (SSSR count). The van der Waals surface area contributed by atoms with Gasteiger partial charge in [-0.15, -0.1) is 10.2 Å². The smallest absolute Gasteiger partial charge is 0.250 e. The van der Waals surface area contributed by atoms with Gasteiger partial charge in [0, 0.05) is 6.07 Å². The summed E-state index contributed by atoms with van der Waals surface area (Å²) in [4.78, 5) is 0. The summed E-state index contributed by atoms with van der Waals surface area (Å²) in [5.74, 6) is -1.40. The summed E-state index contributed by atoms with van der Waals surface area (Å²) in [6.07, 6.45) is 1.08. The zero-order valence-corrected chi connectivity index (χ0v) is 8.25. The number of hydrogen-bond acceptors (Lipinski definition) is 3. The predicted molar refractivity (Wildman–Crippen MR) is 47.4 cm³/mol. The molecule has 0 fully saturated rings. The molecule has 0 saturated carbocycles. The monoisotopic (exact) mass is 260 g/mol. The van der Waals surface area contributed by atoms with Crippen LogP contribution in [0.15, 0.2) is 27.4 Å². The molecule has 1 heterocycles. The number of hydrogen-bond donors (Lipinski definition) is 0. The average molecular weight is 261 g/mol. The Kier molecular flexibility index (Phi) is 2.28. The van der Waals surface area contributed by atoms with Crippen LogP contribution in [0.5, 0.6) is 0 Å². The molecule has 0 atom stereocenters. The first-order chi connectivity index (χ1) is 6.68. The minimum atomic E-state index is -0.741. The summed E-state index contributed by atoms with van der Waals surface area (Å²) >= 11 is 2.93. The quantitative estimate of drug-likeness (QED) is 0.741. The molecule has 14 heavy (non-hydrogen) atoms. The lowest BCUT2D eigenvalue weighted by atomic mass is 10.2. The highest BCUT2D eigenvalue weighted by molar-refractivity contribution is 9.10. The number of rotatable bonds is 1. The van der Waals surface area contributed by atoms with Crippen LogP contribution in [-0.4, -0.2) is 10.2 Å². The molecule has 1 aromatic carbocycles. The molecule has 72 valence electrons. The van der Waals surface area contributed by atoms with Gasteiger partial charge < -0.3 is 4.42 Å². The lowest BCUT2D eigenvalue weighted by molar-refractivity contribution is 0.550. The Morgan fingerprint density at radius 1 is 1.21 bits per heavy atom. The van der Waals surface area contributed by atoms with Crippen molar-refractivity contribution in [3.63, 3.8) is 0 Å². The van der Waals surface area contributed by atoms with E-state index in [-0.39, 0.29) is 15.9 Å². The molecule has 0 aliphatic rings. The van der Waals surface area contributed by atoms with Gasteiger partial charge in [0.15, 0.2) is 0 Å². The van der Waals surface area contributed by atoms with Crippen LogP contribution in [0.2, 0.25) is 0 Å². The van der Waals surface area contributed by atoms with Gasteiger partial charge in [0.25, 0.3) is 0 Å². The molecule has 2 aromatic rings. The van der Waals surface area contributed by atoms with Crippen LogP contribution in [0.25, 0.3) is 11.5 Å². The van der Waals surface area contributed by atoms with Crippen molar-refractivity contribution in [2.45, 2.75) is 0 Å². The molecule has 3 nitrogen and oxygen atoms in total. The number of nitrogens with zero attached hydrogens (tertiary/aromatic N) is 2. The molecule has 0 aliphatic carbocycles. The van der Waals surface area contributed by atoms with Crippen molar-refractivity contribution in [2.75, 3.05) is 0 Å². The van der Waals surface area contributed by atoms with Crippen molar-refractivity contribution in [1.82, 2.24) is 10.2 Å². The third kappa shape index (κ3) is 1.52. The molecular formula is C8H3BrF2N2O. The fraction of sp³-hybridized carbons (Fsp3) is 0. The lowest BCUT2D eigenvalue weighted by Crippen LogP contribution is -1.88. The first-order valence-electron chi connectivity index (χ1n) is 3.59. The van der Waals surface area contributed by atoms with Gasteiger partial charge in [-0.3, -0.25) is 0 Å². The van der Waals surface area contributed by atoms with Crippen molar-refractivity contribution < 1.29 is 13.2 Å². The minimum Gasteiger partial charge on any atom is -0.423 e. The summed E-state index contributed by atoms with van der Waals surface area (Å²) in [5, 5.41) is 6.92. The van der Waals surface area contributed by atoms with Gasteiger partial charge in [-0.1, -0.05) is 0 Å². The Balaban J connectivity index is 2.60. The predicted octanol–water partition coefficient (Wildman–Crippen LogP) is 2.78. The topological polar surface area (TPSA) is 38.9 Å². The van der Waals surface area contributed by atoms with Crippen molar-refractivity contribution in [3.05, 3.63) is 34.6 Å². The first-order valence-corrected chi connectivity index (χ1v) is 4.39. The number of aromatic nitrogens is 2. The maximum absolute atomic E-state index is 13.2. The zero-order valence-electron chi connectivity index (χ0n) is 6.67. The highest BCUT2D eigenvalue weighted by Crippen LogP contribution is 2.26. The molecule has 0 N–H and O–H groups in total. The Labute approximate surface area is 85.9 Å². The average Bonchev–Trinajstić information content (AvgIpc) is 2.64. The van der Waals surface area contributed by atoms with Crippen LogP contribution in [0.4, 0.5) is 8.78 Å². The number of benzene rings is 1. The highest BCUT2D eigenvalue weighted by Gasteiger charge is 2.13. The Bertz CT molecular complexity index is 459. The molecule has 0 spiro atoms. The molecule has 6 heteroatoms. The van der Waals surface area contributed by atoms with E-state index in [9.17, 15) is 8.78 Å². The van der Waals surface area contributed by atoms with E-state index in [1.54, 1.807) is 0 Å². The van der Waals surface area contributed by atoms with Crippen molar-refractivity contribution in [1.29, 1.82) is 0 Å². The van der Waals surface area contributed by atoms with Crippen LogP contribution >= 0.6 is 15.9 Å². The summed E-state index contributed by atoms with van der Waals surface area (Å²) in [6.45, 7) is 0. The van der Waals surface area contributed by atoms with Gasteiger partial charge in [-0.05, 0) is 22.0 Å². The van der Waals surface area contributed by atoms with Crippen LogP contribution in [0.1, 0.15) is 0 Å². The van der Waals surface area contributed by atoms with Crippen molar-refractivity contribution in [3.8, 4) is 11.5 Å². The summed E-state index contributed by atoms with van der Waals surface area (Å²) in [6, 6.07) is 2.00. The molecule has 0 aliphatic heterocycles. The lowest BCUT2D eigenvalue weighted by Gasteiger charge is -1.99. The van der Waals surface area contributed by atoms with E-state index in [0.29, 0.717) is 0 Å². The SMILES string of the molecule is Fc1cc(F)c(-c2nnco2)cc1Br. The summed E-state index contributed by atoms with van der Waals surface area (Å²) in [5.41, 5.74) is 0.0655. The zero-order chi connectivity index (χ0) is 10.1. The van der Waals surface area contributed by atoms with E-state index in [2.05, 4.69) is 26.1 Å². The molecule has 0 amide bonds. The standard InChI is InChI=1S/C8H3BrF2N2O/c9-5-1-4(6(10)2-7(5)11)8-13-12-3-14-8/h1-3H. The van der Waals surface area contributed by atoms with E-state index in [1.807, 2.05) is 0 Å². The third-order valence-electron chi connectivity index (χ3n) is 1.60. The normalized spacial score (nSPS) is 10.5. The second kappa shape index (κ2) is 3.45. The Morgan fingerprint density at radius 3 is 2.64 bits per heavy atom. The number of halogens is 3. The van der Waals surface area contributed by atoms with Crippen LogP contribution < -0.4 is 0 Å². The molecule has 1 aromatic heterocycles. The second-order valence-electron chi connectivity index (χ2n) is 2.49. The van der Waals surface area contributed by atoms with Gasteiger partial charge in [0.05, 0.1) is 10.0 Å². The van der Waals surface area contributed by atoms with Gasteiger partial charge in [0.1, 0.15) is 11.6 Å². The first kappa shape index (κ1) is 9.26. The van der Waals surface area contributed by atoms with Gasteiger partial charge in [0.2, 0.25) is 12.3 Å². The van der Waals surface area contributed by atoms with Crippen LogP contribution in [0.3, 0.4) is 0 Å². The van der Waals surface area contributed by atoms with E-state index in [0.717, 1.165) is 12.5 Å². The Morgan fingerprint density at radius 2 is 2.00 bits per heavy atom. The van der Waals surface area contributed by atoms with E-state index < -0.39 is 11.6 Å². The minimum absolute atomic E-state index is 0.0169. The molecule has 0 radical (unpaired) electrons. The molecule has 0 saturated heterocycles. The molecule has 0 unspecified atom stereocenters. The van der Waals surface area contributed by atoms with Crippen molar-refractivity contribution in [2.24, 2.45) is 0 Å². The largest absolute Gasteiger partial charge is 0.423 e. The maximum atomic E-state index is 13.2. The van der Waals surface area contributed by atoms with E-state index in [4.69, 9.17) is 4.42 Å². The van der Waals surface area contributed by atoms with E-state index >= 15 is 0 Å². The maximum Gasteiger partial charge on any atom is 0.250 e. The fourth-order valence-electron chi connectivity index (χ4n) is 0.977. The highest BCUT2D eigenvalue weighted by atomic mass is 79.9. The third-order valence-corrected chi connectivity index (χ3v) is 2.21. The van der Waals surface area contributed by atoms with Gasteiger partial charge >= 0.3 is 0 Å². The van der Waals surface area contributed by atoms with Crippen LogP contribution in [-0.2, 0) is 0 Å². The molecular weight excluding hydrogens is 258 g/mol. The fourth-order valence-corrected chi connectivity index (χ4v) is 1.32. The van der Waals surface area contributed by atoms with Crippen molar-refractivity contribution >= 4 is 15.9 Å². The second-order valence-corrected chi connectivity index (χ2v) is 3.34. The summed E-state index contributed by atoms with van der Waals surface area (Å²) in [7, 11) is 0. The summed E-state index contributed by atoms with van der Waals surface area (Å²) < 4.78 is 31.0. The van der Waals surface area contributed by atoms with Crippen LogP contribution in [0, 0.1) is 11.6 Å². The Hall–Kier alpha value is -1.30.